The van der Waals surface area contributed by atoms with E-state index in [0.29, 0.717) is 5.69 Å². The van der Waals surface area contributed by atoms with E-state index >= 15 is 0 Å². The van der Waals surface area contributed by atoms with Crippen LogP contribution in [0, 0.1) is 6.92 Å². The average molecular weight is 360 g/mol. The number of rotatable bonds is 4. The first-order valence-electron chi connectivity index (χ1n) is 5.89. The number of hydrogen-bond acceptors (Lipinski definition) is 5. The molecule has 0 aliphatic heterocycles. The Labute approximate surface area is 128 Å². The van der Waals surface area contributed by atoms with Crippen LogP contribution in [-0.2, 0) is 6.42 Å². The smallest absolute Gasteiger partial charge is 0.272 e. The van der Waals surface area contributed by atoms with Crippen molar-refractivity contribution in [2.45, 2.75) is 33.2 Å². The first kappa shape index (κ1) is 14.6. The first-order valence-corrected chi connectivity index (χ1v) is 8.38. The molecule has 0 radical (unpaired) electrons. The molecule has 1 N–H and O–H groups in total. The lowest BCUT2D eigenvalue weighted by molar-refractivity contribution is 0.0934. The largest absolute Gasteiger partial charge is 0.343 e. The van der Waals surface area contributed by atoms with Crippen LogP contribution in [0.1, 0.15) is 46.1 Å². The van der Waals surface area contributed by atoms with Gasteiger partial charge in [0.25, 0.3) is 5.91 Å². The first-order chi connectivity index (χ1) is 9.01. The molecule has 2 aromatic heterocycles. The van der Waals surface area contributed by atoms with Gasteiger partial charge in [0.15, 0.2) is 5.69 Å². The van der Waals surface area contributed by atoms with Crippen LogP contribution >= 0.6 is 38.6 Å². The van der Waals surface area contributed by atoms with E-state index in [-0.39, 0.29) is 11.9 Å². The zero-order valence-electron chi connectivity index (χ0n) is 10.9. The Morgan fingerprint density at radius 1 is 1.53 bits per heavy atom. The number of halogens is 1. The van der Waals surface area contributed by atoms with Gasteiger partial charge in [-0.1, -0.05) is 6.92 Å². The van der Waals surface area contributed by atoms with E-state index in [9.17, 15) is 4.79 Å². The maximum Gasteiger partial charge on any atom is 0.272 e. The van der Waals surface area contributed by atoms with E-state index in [4.69, 9.17) is 0 Å². The minimum Gasteiger partial charge on any atom is -0.343 e. The summed E-state index contributed by atoms with van der Waals surface area (Å²) < 4.78 is 0.766. The number of thiazole rings is 2. The van der Waals surface area contributed by atoms with Crippen molar-refractivity contribution < 1.29 is 4.79 Å². The van der Waals surface area contributed by atoms with E-state index in [2.05, 4.69) is 38.1 Å². The molecule has 1 amide bonds. The fourth-order valence-electron chi connectivity index (χ4n) is 1.57. The molecule has 2 heterocycles. The number of aryl methyl sites for hydroxylation is 2. The molecule has 19 heavy (non-hydrogen) atoms. The maximum absolute atomic E-state index is 12.1. The standard InChI is InChI=1S/C12H14BrN3OS2/c1-4-9-16-8(5-18-9)6(2)14-12(17)10-11(13)19-7(3)15-10/h5-6H,4H2,1-3H3,(H,14,17). The molecule has 0 aliphatic rings. The lowest BCUT2D eigenvalue weighted by atomic mass is 10.2. The number of hydrogen-bond donors (Lipinski definition) is 1. The second-order valence-electron chi connectivity index (χ2n) is 4.07. The van der Waals surface area contributed by atoms with Gasteiger partial charge >= 0.3 is 0 Å². The highest BCUT2D eigenvalue weighted by atomic mass is 79.9. The Bertz CT molecular complexity index is 594. The normalized spacial score (nSPS) is 12.4. The lowest BCUT2D eigenvalue weighted by Gasteiger charge is -2.10. The van der Waals surface area contributed by atoms with Gasteiger partial charge in [-0.25, -0.2) is 9.97 Å². The van der Waals surface area contributed by atoms with Crippen molar-refractivity contribution in [3.63, 3.8) is 0 Å². The summed E-state index contributed by atoms with van der Waals surface area (Å²) in [6.45, 7) is 5.88. The molecular formula is C12H14BrN3OS2. The van der Waals surface area contributed by atoms with Crippen molar-refractivity contribution >= 4 is 44.5 Å². The molecule has 0 saturated heterocycles. The zero-order valence-corrected chi connectivity index (χ0v) is 14.1. The summed E-state index contributed by atoms with van der Waals surface area (Å²) in [5.74, 6) is -0.172. The molecule has 1 unspecified atom stereocenters. The number of carbonyl (C=O) groups excluding carboxylic acids is 1. The summed E-state index contributed by atoms with van der Waals surface area (Å²) in [6, 6.07) is -0.113. The van der Waals surface area contributed by atoms with Crippen LogP contribution in [0.3, 0.4) is 0 Å². The Balaban J connectivity index is 2.08. The molecule has 2 aromatic rings. The summed E-state index contributed by atoms with van der Waals surface area (Å²) in [5, 5.41) is 6.87. The highest BCUT2D eigenvalue weighted by Crippen LogP contribution is 2.25. The summed E-state index contributed by atoms with van der Waals surface area (Å²) in [4.78, 5) is 20.8. The van der Waals surface area contributed by atoms with E-state index < -0.39 is 0 Å². The van der Waals surface area contributed by atoms with Crippen molar-refractivity contribution in [2.75, 3.05) is 0 Å². The number of aromatic nitrogens is 2. The molecule has 2 rings (SSSR count). The van der Waals surface area contributed by atoms with Gasteiger partial charge < -0.3 is 5.32 Å². The maximum atomic E-state index is 12.1. The summed E-state index contributed by atoms with van der Waals surface area (Å²) in [7, 11) is 0. The van der Waals surface area contributed by atoms with Crippen LogP contribution in [-0.4, -0.2) is 15.9 Å². The fourth-order valence-corrected chi connectivity index (χ4v) is 4.01. The minimum atomic E-state index is -0.172. The number of amides is 1. The van der Waals surface area contributed by atoms with Gasteiger partial charge in [-0.2, -0.15) is 0 Å². The highest BCUT2D eigenvalue weighted by Gasteiger charge is 2.19. The van der Waals surface area contributed by atoms with E-state index in [1.807, 2.05) is 19.2 Å². The summed E-state index contributed by atoms with van der Waals surface area (Å²) in [5.41, 5.74) is 1.35. The predicted octanol–water partition coefficient (Wildman–Crippen LogP) is 3.72. The average Bonchev–Trinajstić information content (AvgIpc) is 2.95. The second kappa shape index (κ2) is 6.11. The SMILES string of the molecule is CCc1nc(C(C)NC(=O)c2nc(C)sc2Br)cs1. The number of carbonyl (C=O) groups is 1. The van der Waals surface area contributed by atoms with E-state index in [1.165, 1.54) is 11.3 Å². The highest BCUT2D eigenvalue weighted by molar-refractivity contribution is 9.11. The molecule has 1 atom stereocenters. The van der Waals surface area contributed by atoms with Crippen LogP contribution in [0.5, 0.6) is 0 Å². The van der Waals surface area contributed by atoms with Crippen LogP contribution in [0.2, 0.25) is 0 Å². The van der Waals surface area contributed by atoms with Crippen LogP contribution in [0.25, 0.3) is 0 Å². The molecule has 0 fully saturated rings. The Morgan fingerprint density at radius 3 is 2.79 bits per heavy atom. The molecule has 4 nitrogen and oxygen atoms in total. The molecule has 7 heteroatoms. The predicted molar refractivity (Wildman–Crippen MR) is 81.9 cm³/mol. The third kappa shape index (κ3) is 3.40. The van der Waals surface area contributed by atoms with Gasteiger partial charge in [0.05, 0.1) is 21.8 Å². The second-order valence-corrected chi connectivity index (χ2v) is 7.53. The monoisotopic (exact) mass is 359 g/mol. The van der Waals surface area contributed by atoms with Gasteiger partial charge in [0.2, 0.25) is 0 Å². The van der Waals surface area contributed by atoms with Gasteiger partial charge in [0.1, 0.15) is 3.79 Å². The third-order valence-corrected chi connectivity index (χ3v) is 5.20. The Morgan fingerprint density at radius 2 is 2.26 bits per heavy atom. The van der Waals surface area contributed by atoms with E-state index in [1.54, 1.807) is 11.3 Å². The Kier molecular flexibility index (Phi) is 4.70. The van der Waals surface area contributed by atoms with Gasteiger partial charge in [-0.3, -0.25) is 4.79 Å². The summed E-state index contributed by atoms with van der Waals surface area (Å²) in [6.07, 6.45) is 0.919. The molecule has 0 aromatic carbocycles. The molecule has 0 spiro atoms. The number of nitrogens with zero attached hydrogens (tertiary/aromatic N) is 2. The molecule has 0 aliphatic carbocycles. The van der Waals surface area contributed by atoms with Gasteiger partial charge in [-0.15, -0.1) is 22.7 Å². The van der Waals surface area contributed by atoms with Crippen molar-refractivity contribution in [2.24, 2.45) is 0 Å². The van der Waals surface area contributed by atoms with E-state index in [0.717, 1.165) is 25.9 Å². The minimum absolute atomic E-state index is 0.113. The summed E-state index contributed by atoms with van der Waals surface area (Å²) >= 11 is 6.44. The van der Waals surface area contributed by atoms with Crippen LogP contribution in [0.15, 0.2) is 9.17 Å². The van der Waals surface area contributed by atoms with Crippen LogP contribution < -0.4 is 5.32 Å². The van der Waals surface area contributed by atoms with Crippen molar-refractivity contribution in [1.82, 2.24) is 15.3 Å². The molecule has 102 valence electrons. The van der Waals surface area contributed by atoms with Gasteiger partial charge in [0, 0.05) is 5.38 Å². The fraction of sp³-hybridized carbons (Fsp3) is 0.417. The quantitative estimate of drug-likeness (QED) is 0.904. The number of nitrogens with one attached hydrogen (secondary N) is 1. The molecular weight excluding hydrogens is 346 g/mol. The van der Waals surface area contributed by atoms with Crippen LogP contribution in [0.4, 0.5) is 0 Å². The zero-order chi connectivity index (χ0) is 14.0. The van der Waals surface area contributed by atoms with Crippen molar-refractivity contribution in [3.05, 3.63) is 30.6 Å². The molecule has 0 saturated carbocycles. The van der Waals surface area contributed by atoms with Crippen molar-refractivity contribution in [1.29, 1.82) is 0 Å². The lowest BCUT2D eigenvalue weighted by Crippen LogP contribution is -2.27. The Hall–Kier alpha value is -0.790. The van der Waals surface area contributed by atoms with Gasteiger partial charge in [-0.05, 0) is 36.2 Å². The van der Waals surface area contributed by atoms with Crippen molar-refractivity contribution in [3.8, 4) is 0 Å². The molecule has 0 bridgehead atoms. The third-order valence-electron chi connectivity index (χ3n) is 2.57. The topological polar surface area (TPSA) is 54.9 Å².